The molecule has 4 aromatic carbocycles. The zero-order chi connectivity index (χ0) is 29.3. The summed E-state index contributed by atoms with van der Waals surface area (Å²) in [5.41, 5.74) is -2.81. The Balaban J connectivity index is 1.58. The maximum atomic E-state index is 13.2. The minimum atomic E-state index is -4.99. The van der Waals surface area contributed by atoms with Crippen LogP contribution in [0, 0.1) is 0 Å². The smallest absolute Gasteiger partial charge is 0.416 e. The van der Waals surface area contributed by atoms with E-state index in [0.29, 0.717) is 28.5 Å². The molecule has 4 aromatic rings. The number of hydrogen-bond donors (Lipinski definition) is 2. The van der Waals surface area contributed by atoms with Crippen LogP contribution in [-0.2, 0) is 29.0 Å². The molecule has 0 aromatic heterocycles. The van der Waals surface area contributed by atoms with Crippen molar-refractivity contribution in [1.29, 1.82) is 0 Å². The highest BCUT2D eigenvalue weighted by Crippen LogP contribution is 2.37. The van der Waals surface area contributed by atoms with Crippen LogP contribution in [0.15, 0.2) is 82.8 Å². The van der Waals surface area contributed by atoms with Gasteiger partial charge in [0.1, 0.15) is 18.1 Å². The molecule has 0 heterocycles. The van der Waals surface area contributed by atoms with E-state index in [0.717, 1.165) is 18.2 Å². The summed E-state index contributed by atoms with van der Waals surface area (Å²) in [6, 6.07) is 14.0. The third-order valence-corrected chi connectivity index (χ3v) is 7.09. The van der Waals surface area contributed by atoms with Gasteiger partial charge in [0.2, 0.25) is 0 Å². The van der Waals surface area contributed by atoms with Crippen molar-refractivity contribution in [1.82, 2.24) is 4.83 Å². The van der Waals surface area contributed by atoms with Gasteiger partial charge in [-0.05, 0) is 59.5 Å². The molecule has 0 atom stereocenters. The van der Waals surface area contributed by atoms with E-state index in [1.165, 1.54) is 18.3 Å². The number of sulfonamides is 1. The van der Waals surface area contributed by atoms with Gasteiger partial charge < -0.3 is 9.84 Å². The Bertz CT molecular complexity index is 1670. The van der Waals surface area contributed by atoms with Crippen molar-refractivity contribution in [3.63, 3.8) is 0 Å². The molecule has 2 N–H and O–H groups in total. The van der Waals surface area contributed by atoms with Crippen LogP contribution in [-0.4, -0.2) is 19.7 Å². The van der Waals surface area contributed by atoms with Crippen LogP contribution in [0.25, 0.3) is 10.8 Å². The summed E-state index contributed by atoms with van der Waals surface area (Å²) in [5.74, 6) is -0.134. The van der Waals surface area contributed by atoms with Crippen LogP contribution in [0.2, 0.25) is 5.02 Å². The second-order valence-electron chi connectivity index (χ2n) is 8.37. The van der Waals surface area contributed by atoms with E-state index in [2.05, 4.69) is 5.10 Å². The molecule has 0 aliphatic rings. The zero-order valence-corrected chi connectivity index (χ0v) is 21.5. The normalized spacial score (nSPS) is 12.7. The molecule has 0 unspecified atom stereocenters. The summed E-state index contributed by atoms with van der Waals surface area (Å²) in [6.45, 7) is -0.584. The quantitative estimate of drug-likeness (QED) is 0.134. The SMILES string of the molecule is O=S(=O)(NN=Cc1ccc(OCc2cc(C(F)(F)F)cc(C(F)(F)F)c2)c2ccccc12)c1ccc(O)c(Cl)c1. The fourth-order valence-corrected chi connectivity index (χ4v) is 4.73. The third-order valence-electron chi connectivity index (χ3n) is 5.57. The number of hydrogen-bond acceptors (Lipinski definition) is 5. The van der Waals surface area contributed by atoms with Crippen molar-refractivity contribution >= 4 is 38.6 Å². The largest absolute Gasteiger partial charge is 0.506 e. The molecule has 0 radical (unpaired) electrons. The number of aromatic hydroxyl groups is 1. The van der Waals surface area contributed by atoms with Gasteiger partial charge in [0.25, 0.3) is 10.0 Å². The first kappa shape index (κ1) is 29.0. The van der Waals surface area contributed by atoms with Gasteiger partial charge in [-0.3, -0.25) is 0 Å². The maximum Gasteiger partial charge on any atom is 0.416 e. The Morgan fingerprint density at radius 1 is 0.875 bits per heavy atom. The summed E-state index contributed by atoms with van der Waals surface area (Å²) in [4.78, 5) is 1.77. The lowest BCUT2D eigenvalue weighted by molar-refractivity contribution is -0.143. The Kier molecular flexibility index (Phi) is 7.90. The second kappa shape index (κ2) is 10.9. The van der Waals surface area contributed by atoms with Crippen LogP contribution in [0.3, 0.4) is 0 Å². The number of rotatable bonds is 7. The topological polar surface area (TPSA) is 88.0 Å². The van der Waals surface area contributed by atoms with E-state index >= 15 is 0 Å². The molecule has 40 heavy (non-hydrogen) atoms. The highest BCUT2D eigenvalue weighted by atomic mass is 35.5. The highest BCUT2D eigenvalue weighted by molar-refractivity contribution is 7.89. The zero-order valence-electron chi connectivity index (χ0n) is 19.9. The lowest BCUT2D eigenvalue weighted by Gasteiger charge is -2.15. The van der Waals surface area contributed by atoms with Crippen molar-refractivity contribution in [3.05, 3.63) is 100 Å². The van der Waals surface area contributed by atoms with Gasteiger partial charge in [-0.15, -0.1) is 0 Å². The molecule has 0 aliphatic carbocycles. The molecule has 210 valence electrons. The lowest BCUT2D eigenvalue weighted by atomic mass is 10.0. The molecule has 0 saturated carbocycles. The number of phenols is 1. The van der Waals surface area contributed by atoms with E-state index in [1.807, 2.05) is 4.83 Å². The van der Waals surface area contributed by atoms with Crippen molar-refractivity contribution < 1.29 is 44.6 Å². The van der Waals surface area contributed by atoms with Crippen LogP contribution < -0.4 is 9.57 Å². The predicted molar refractivity (Wildman–Crippen MR) is 136 cm³/mol. The van der Waals surface area contributed by atoms with Gasteiger partial charge in [0, 0.05) is 10.9 Å². The first-order valence-corrected chi connectivity index (χ1v) is 13.0. The second-order valence-corrected chi connectivity index (χ2v) is 10.4. The first-order chi connectivity index (χ1) is 18.6. The maximum absolute atomic E-state index is 13.2. The summed E-state index contributed by atoms with van der Waals surface area (Å²) in [7, 11) is -4.13. The van der Waals surface area contributed by atoms with E-state index in [1.54, 1.807) is 24.3 Å². The summed E-state index contributed by atoms with van der Waals surface area (Å²) >= 11 is 5.76. The number of benzene rings is 4. The molecule has 0 saturated heterocycles. The summed E-state index contributed by atoms with van der Waals surface area (Å²) in [6.07, 6.45) is -8.77. The van der Waals surface area contributed by atoms with Crippen LogP contribution in [0.1, 0.15) is 22.3 Å². The van der Waals surface area contributed by atoms with Crippen molar-refractivity contribution in [3.8, 4) is 11.5 Å². The number of nitrogens with zero attached hydrogens (tertiary/aromatic N) is 1. The molecule has 6 nitrogen and oxygen atoms in total. The molecule has 0 bridgehead atoms. The van der Waals surface area contributed by atoms with Crippen molar-refractivity contribution in [2.24, 2.45) is 5.10 Å². The fourth-order valence-electron chi connectivity index (χ4n) is 3.67. The molecule has 0 spiro atoms. The van der Waals surface area contributed by atoms with E-state index < -0.39 is 40.1 Å². The first-order valence-electron chi connectivity index (χ1n) is 11.1. The van der Waals surface area contributed by atoms with Gasteiger partial charge in [-0.25, -0.2) is 4.83 Å². The van der Waals surface area contributed by atoms with Gasteiger partial charge in [-0.1, -0.05) is 35.9 Å². The molecule has 0 aliphatic heterocycles. The van der Waals surface area contributed by atoms with Crippen LogP contribution >= 0.6 is 11.6 Å². The standard InChI is InChI=1S/C26H17ClF6N2O4S/c27-22-12-19(6-7-23(22)36)40(37,38)35-34-13-16-5-8-24(21-4-2-1-3-20(16)21)39-14-15-9-17(25(28,29)30)11-18(10-15)26(31,32)33/h1-13,35-36H,14H2. The van der Waals surface area contributed by atoms with Crippen LogP contribution in [0.4, 0.5) is 26.3 Å². The number of ether oxygens (including phenoxy) is 1. The van der Waals surface area contributed by atoms with E-state index in [4.69, 9.17) is 16.3 Å². The van der Waals surface area contributed by atoms with Gasteiger partial charge in [-0.2, -0.15) is 39.9 Å². The molecule has 0 amide bonds. The Labute approximate surface area is 228 Å². The average molecular weight is 603 g/mol. The molecule has 4 rings (SSSR count). The number of phenolic OH excluding ortho intramolecular Hbond substituents is 1. The average Bonchev–Trinajstić information content (AvgIpc) is 2.88. The van der Waals surface area contributed by atoms with Crippen molar-refractivity contribution in [2.75, 3.05) is 0 Å². The van der Waals surface area contributed by atoms with Crippen molar-refractivity contribution in [2.45, 2.75) is 23.9 Å². The summed E-state index contributed by atoms with van der Waals surface area (Å²) in [5, 5.41) is 14.0. The Morgan fingerprint density at radius 2 is 1.50 bits per heavy atom. The number of halogens is 7. The fraction of sp³-hybridized carbons (Fsp3) is 0.115. The van der Waals surface area contributed by atoms with Crippen LogP contribution in [0.5, 0.6) is 11.5 Å². The van der Waals surface area contributed by atoms with E-state index in [9.17, 15) is 39.9 Å². The van der Waals surface area contributed by atoms with Gasteiger partial charge in [0.15, 0.2) is 0 Å². The molecular weight excluding hydrogens is 586 g/mol. The number of fused-ring (bicyclic) bond motifs is 1. The summed E-state index contributed by atoms with van der Waals surface area (Å²) < 4.78 is 110. The third kappa shape index (κ3) is 6.59. The molecule has 0 fully saturated rings. The Hall–Kier alpha value is -3.97. The molecular formula is C26H17ClF6N2O4S. The molecule has 14 heteroatoms. The predicted octanol–water partition coefficient (Wildman–Crippen LogP) is 7.13. The number of nitrogens with one attached hydrogen (secondary N) is 1. The van der Waals surface area contributed by atoms with E-state index in [-0.39, 0.29) is 33.0 Å². The number of hydrazone groups is 1. The highest BCUT2D eigenvalue weighted by Gasteiger charge is 2.37. The Morgan fingerprint density at radius 3 is 2.10 bits per heavy atom. The number of alkyl halides is 6. The van der Waals surface area contributed by atoms with Gasteiger partial charge >= 0.3 is 12.4 Å². The minimum absolute atomic E-state index is 0.0392. The minimum Gasteiger partial charge on any atom is -0.506 e. The van der Waals surface area contributed by atoms with Gasteiger partial charge in [0.05, 0.1) is 27.3 Å². The lowest BCUT2D eigenvalue weighted by Crippen LogP contribution is -2.18. The monoisotopic (exact) mass is 602 g/mol.